The van der Waals surface area contributed by atoms with Crippen LogP contribution >= 0.6 is 22.6 Å². The maximum Gasteiger partial charge on any atom is 0.270 e. The lowest BCUT2D eigenvalue weighted by Crippen LogP contribution is -2.29. The van der Waals surface area contributed by atoms with Crippen LogP contribution in [-0.4, -0.2) is 29.3 Å². The third-order valence-electron chi connectivity index (χ3n) is 2.97. The van der Waals surface area contributed by atoms with Gasteiger partial charge in [-0.05, 0) is 47.4 Å². The molecule has 0 radical (unpaired) electrons. The van der Waals surface area contributed by atoms with E-state index in [1.165, 1.54) is 25.0 Å². The van der Waals surface area contributed by atoms with E-state index in [9.17, 15) is 14.9 Å². The van der Waals surface area contributed by atoms with Crippen molar-refractivity contribution < 1.29 is 9.72 Å². The standard InChI is InChI=1S/C12H13IN2O3/c1-14(7-8-2-3-8)12(16)10-6-9(15(17)18)4-5-11(10)13/h4-6,8H,2-3,7H2,1H3. The zero-order chi connectivity index (χ0) is 13.3. The number of carbonyl (C=O) groups excluding carboxylic acids is 1. The minimum absolute atomic E-state index is 0.0430. The molecule has 1 aromatic carbocycles. The molecule has 1 aliphatic carbocycles. The number of nitrogens with zero attached hydrogens (tertiary/aromatic N) is 2. The number of benzene rings is 1. The third-order valence-corrected chi connectivity index (χ3v) is 3.91. The molecule has 0 heterocycles. The Bertz CT molecular complexity index is 500. The molecule has 1 saturated carbocycles. The van der Waals surface area contributed by atoms with Crippen LogP contribution in [0.4, 0.5) is 5.69 Å². The van der Waals surface area contributed by atoms with Gasteiger partial charge in [0.1, 0.15) is 0 Å². The highest BCUT2D eigenvalue weighted by molar-refractivity contribution is 14.1. The van der Waals surface area contributed by atoms with Crippen molar-refractivity contribution in [3.8, 4) is 0 Å². The minimum Gasteiger partial charge on any atom is -0.341 e. The fourth-order valence-corrected chi connectivity index (χ4v) is 2.33. The van der Waals surface area contributed by atoms with Crippen LogP contribution in [0.15, 0.2) is 18.2 Å². The number of rotatable bonds is 4. The number of nitro benzene ring substituents is 1. The summed E-state index contributed by atoms with van der Waals surface area (Å²) < 4.78 is 0.742. The number of amides is 1. The van der Waals surface area contributed by atoms with Gasteiger partial charge in [-0.1, -0.05) is 0 Å². The van der Waals surface area contributed by atoms with Crippen molar-refractivity contribution in [1.82, 2.24) is 4.90 Å². The van der Waals surface area contributed by atoms with Crippen molar-refractivity contribution in [2.45, 2.75) is 12.8 Å². The number of hydrogen-bond acceptors (Lipinski definition) is 3. The predicted molar refractivity (Wildman–Crippen MR) is 75.5 cm³/mol. The molecule has 0 spiro atoms. The molecule has 0 aliphatic heterocycles. The van der Waals surface area contributed by atoms with Crippen LogP contribution in [0.25, 0.3) is 0 Å². The molecule has 0 aromatic heterocycles. The minimum atomic E-state index is -0.478. The molecule has 0 saturated heterocycles. The average molecular weight is 360 g/mol. The second kappa shape index (κ2) is 5.21. The molecule has 0 unspecified atom stereocenters. The number of hydrogen-bond donors (Lipinski definition) is 0. The molecule has 6 heteroatoms. The molecule has 1 aromatic rings. The zero-order valence-electron chi connectivity index (χ0n) is 9.93. The summed E-state index contributed by atoms with van der Waals surface area (Å²) in [4.78, 5) is 24.1. The number of carbonyl (C=O) groups is 1. The first-order chi connectivity index (χ1) is 8.49. The summed E-state index contributed by atoms with van der Waals surface area (Å²) >= 11 is 2.03. The molecule has 1 amide bonds. The molecule has 5 nitrogen and oxygen atoms in total. The second-order valence-electron chi connectivity index (χ2n) is 4.55. The Balaban J connectivity index is 2.22. The first kappa shape index (κ1) is 13.3. The molecule has 0 atom stereocenters. The van der Waals surface area contributed by atoms with Gasteiger partial charge in [-0.2, -0.15) is 0 Å². The van der Waals surface area contributed by atoms with Crippen LogP contribution in [0.3, 0.4) is 0 Å². The molecule has 18 heavy (non-hydrogen) atoms. The van der Waals surface area contributed by atoms with Crippen molar-refractivity contribution in [2.24, 2.45) is 5.92 Å². The van der Waals surface area contributed by atoms with E-state index in [4.69, 9.17) is 0 Å². The van der Waals surface area contributed by atoms with Crippen LogP contribution in [-0.2, 0) is 0 Å². The summed E-state index contributed by atoms with van der Waals surface area (Å²) in [5, 5.41) is 10.7. The summed E-state index contributed by atoms with van der Waals surface area (Å²) in [7, 11) is 1.75. The number of non-ortho nitro benzene ring substituents is 1. The van der Waals surface area contributed by atoms with Gasteiger partial charge in [0, 0.05) is 29.3 Å². The molecule has 0 bridgehead atoms. The SMILES string of the molecule is CN(CC1CC1)C(=O)c1cc([N+](=O)[O-])ccc1I. The topological polar surface area (TPSA) is 63.5 Å². The Hall–Kier alpha value is -1.18. The predicted octanol–water partition coefficient (Wildman–Crippen LogP) is 2.68. The molecule has 1 aliphatic rings. The van der Waals surface area contributed by atoms with Crippen molar-refractivity contribution in [1.29, 1.82) is 0 Å². The van der Waals surface area contributed by atoms with Crippen LogP contribution < -0.4 is 0 Å². The summed E-state index contributed by atoms with van der Waals surface area (Å²) in [6.07, 6.45) is 2.34. The van der Waals surface area contributed by atoms with E-state index in [0.717, 1.165) is 10.1 Å². The molecule has 96 valence electrons. The van der Waals surface area contributed by atoms with Gasteiger partial charge in [0.05, 0.1) is 10.5 Å². The summed E-state index contributed by atoms with van der Waals surface area (Å²) in [6.45, 7) is 0.734. The van der Waals surface area contributed by atoms with E-state index in [1.54, 1.807) is 18.0 Å². The molecular weight excluding hydrogens is 347 g/mol. The Morgan fingerprint density at radius 3 is 2.78 bits per heavy atom. The van der Waals surface area contributed by atoms with Gasteiger partial charge in [0.15, 0.2) is 0 Å². The largest absolute Gasteiger partial charge is 0.341 e. The lowest BCUT2D eigenvalue weighted by molar-refractivity contribution is -0.384. The van der Waals surface area contributed by atoms with Gasteiger partial charge in [0.2, 0.25) is 0 Å². The van der Waals surface area contributed by atoms with Crippen LogP contribution in [0.5, 0.6) is 0 Å². The number of halogens is 1. The van der Waals surface area contributed by atoms with Gasteiger partial charge < -0.3 is 4.90 Å². The highest BCUT2D eigenvalue weighted by atomic mass is 127. The van der Waals surface area contributed by atoms with E-state index >= 15 is 0 Å². The van der Waals surface area contributed by atoms with Crippen LogP contribution in [0.2, 0.25) is 0 Å². The van der Waals surface area contributed by atoms with Crippen molar-refractivity contribution in [3.05, 3.63) is 37.4 Å². The molecule has 0 N–H and O–H groups in total. The van der Waals surface area contributed by atoms with Gasteiger partial charge in [-0.15, -0.1) is 0 Å². The fraction of sp³-hybridized carbons (Fsp3) is 0.417. The van der Waals surface area contributed by atoms with Crippen LogP contribution in [0.1, 0.15) is 23.2 Å². The summed E-state index contributed by atoms with van der Waals surface area (Å²) in [6, 6.07) is 4.38. The first-order valence-corrected chi connectivity index (χ1v) is 6.76. The fourth-order valence-electron chi connectivity index (χ4n) is 1.77. The second-order valence-corrected chi connectivity index (χ2v) is 5.71. The van der Waals surface area contributed by atoms with Gasteiger partial charge in [-0.25, -0.2) is 0 Å². The van der Waals surface area contributed by atoms with Gasteiger partial charge in [-0.3, -0.25) is 14.9 Å². The lowest BCUT2D eigenvalue weighted by atomic mass is 10.1. The normalized spacial score (nSPS) is 14.3. The molecule has 2 rings (SSSR count). The number of nitro groups is 1. The van der Waals surface area contributed by atoms with Crippen molar-refractivity contribution in [3.63, 3.8) is 0 Å². The smallest absolute Gasteiger partial charge is 0.270 e. The quantitative estimate of drug-likeness (QED) is 0.471. The maximum absolute atomic E-state index is 12.2. The highest BCUT2D eigenvalue weighted by Crippen LogP contribution is 2.30. The van der Waals surface area contributed by atoms with Gasteiger partial charge in [0.25, 0.3) is 11.6 Å². The lowest BCUT2D eigenvalue weighted by Gasteiger charge is -2.17. The zero-order valence-corrected chi connectivity index (χ0v) is 12.1. The van der Waals surface area contributed by atoms with E-state index in [1.807, 2.05) is 22.6 Å². The monoisotopic (exact) mass is 360 g/mol. The van der Waals surface area contributed by atoms with Gasteiger partial charge >= 0.3 is 0 Å². The third kappa shape index (κ3) is 2.98. The summed E-state index contributed by atoms with van der Waals surface area (Å²) in [5.41, 5.74) is 0.367. The Kier molecular flexibility index (Phi) is 3.84. The maximum atomic E-state index is 12.2. The Morgan fingerprint density at radius 2 is 2.22 bits per heavy atom. The van der Waals surface area contributed by atoms with E-state index in [-0.39, 0.29) is 11.6 Å². The molecular formula is C12H13IN2O3. The van der Waals surface area contributed by atoms with Crippen molar-refractivity contribution in [2.75, 3.05) is 13.6 Å². The van der Waals surface area contributed by atoms with E-state index < -0.39 is 4.92 Å². The van der Waals surface area contributed by atoms with Crippen molar-refractivity contribution >= 4 is 34.2 Å². The molecule has 1 fully saturated rings. The average Bonchev–Trinajstić information content (AvgIpc) is 3.12. The Labute approximate surface area is 118 Å². The van der Waals surface area contributed by atoms with Crippen LogP contribution in [0, 0.1) is 19.6 Å². The van der Waals surface area contributed by atoms with E-state index in [2.05, 4.69) is 0 Å². The Morgan fingerprint density at radius 1 is 1.56 bits per heavy atom. The highest BCUT2D eigenvalue weighted by Gasteiger charge is 2.26. The summed E-state index contributed by atoms with van der Waals surface area (Å²) in [5.74, 6) is 0.463. The first-order valence-electron chi connectivity index (χ1n) is 5.68. The van der Waals surface area contributed by atoms with E-state index in [0.29, 0.717) is 11.5 Å².